The number of hydrogen-bond donors (Lipinski definition) is 2. The molecule has 0 aliphatic rings. The smallest absolute Gasteiger partial charge is 0.241 e. The van der Waals surface area contributed by atoms with Crippen LogP contribution in [0.25, 0.3) is 0 Å². The second-order valence-electron chi connectivity index (χ2n) is 4.34. The molecule has 0 saturated carbocycles. The van der Waals surface area contributed by atoms with Gasteiger partial charge < -0.3 is 5.11 Å². The Labute approximate surface area is 130 Å². The van der Waals surface area contributed by atoms with Gasteiger partial charge in [0.15, 0.2) is 0 Å². The number of aliphatic hydroxyl groups is 1. The monoisotopic (exact) mass is 373 g/mol. The van der Waals surface area contributed by atoms with Crippen LogP contribution in [0.5, 0.6) is 0 Å². The molecule has 0 radical (unpaired) electrons. The molecule has 2 N–H and O–H groups in total. The molecular formula is C14H13BrFNO3S. The van der Waals surface area contributed by atoms with E-state index in [1.165, 1.54) is 12.1 Å². The van der Waals surface area contributed by atoms with Crippen LogP contribution in [0.2, 0.25) is 0 Å². The van der Waals surface area contributed by atoms with Gasteiger partial charge in [0.25, 0.3) is 0 Å². The minimum Gasteiger partial charge on any atom is -0.394 e. The van der Waals surface area contributed by atoms with E-state index in [4.69, 9.17) is 0 Å². The topological polar surface area (TPSA) is 66.4 Å². The highest BCUT2D eigenvalue weighted by atomic mass is 79.9. The largest absolute Gasteiger partial charge is 0.394 e. The number of hydrogen-bond acceptors (Lipinski definition) is 3. The Morgan fingerprint density at radius 1 is 1.19 bits per heavy atom. The molecule has 112 valence electrons. The molecule has 0 heterocycles. The molecule has 1 atom stereocenters. The second kappa shape index (κ2) is 6.65. The first-order valence-corrected chi connectivity index (χ1v) is 8.35. The second-order valence-corrected chi connectivity index (χ2v) is 6.91. The quantitative estimate of drug-likeness (QED) is 0.846. The molecule has 0 amide bonds. The summed E-state index contributed by atoms with van der Waals surface area (Å²) < 4.78 is 40.5. The number of nitrogens with one attached hydrogen (secondary N) is 1. The Kier molecular flexibility index (Phi) is 5.10. The van der Waals surface area contributed by atoms with Gasteiger partial charge in [-0.25, -0.2) is 17.5 Å². The SMILES string of the molecule is O=S(=O)(N[C@@H](CO)c1ccccc1)c1ccc(Br)c(F)c1. The Hall–Kier alpha value is -1.28. The van der Waals surface area contributed by atoms with Gasteiger partial charge in [-0.1, -0.05) is 30.3 Å². The van der Waals surface area contributed by atoms with E-state index in [1.807, 2.05) is 0 Å². The molecule has 0 spiro atoms. The van der Waals surface area contributed by atoms with Crippen LogP contribution in [0.1, 0.15) is 11.6 Å². The van der Waals surface area contributed by atoms with E-state index in [9.17, 15) is 17.9 Å². The Morgan fingerprint density at radius 2 is 1.86 bits per heavy atom. The van der Waals surface area contributed by atoms with Crippen molar-refractivity contribution in [2.24, 2.45) is 0 Å². The van der Waals surface area contributed by atoms with E-state index in [0.29, 0.717) is 5.56 Å². The van der Waals surface area contributed by atoms with Crippen LogP contribution in [-0.4, -0.2) is 20.1 Å². The van der Waals surface area contributed by atoms with Crippen molar-refractivity contribution in [2.45, 2.75) is 10.9 Å². The van der Waals surface area contributed by atoms with Crippen LogP contribution in [-0.2, 0) is 10.0 Å². The molecule has 2 rings (SSSR count). The molecule has 0 bridgehead atoms. The van der Waals surface area contributed by atoms with Crippen molar-refractivity contribution in [1.29, 1.82) is 0 Å². The lowest BCUT2D eigenvalue weighted by Gasteiger charge is -2.17. The molecule has 21 heavy (non-hydrogen) atoms. The molecule has 2 aromatic carbocycles. The third-order valence-corrected chi connectivity index (χ3v) is 5.00. The summed E-state index contributed by atoms with van der Waals surface area (Å²) in [5.74, 6) is -0.668. The molecule has 0 aliphatic heterocycles. The number of sulfonamides is 1. The molecule has 7 heteroatoms. The van der Waals surface area contributed by atoms with E-state index in [0.717, 1.165) is 6.07 Å². The summed E-state index contributed by atoms with van der Waals surface area (Å²) in [4.78, 5) is -0.197. The summed E-state index contributed by atoms with van der Waals surface area (Å²) >= 11 is 2.97. The molecule has 2 aromatic rings. The zero-order chi connectivity index (χ0) is 15.5. The summed E-state index contributed by atoms with van der Waals surface area (Å²) in [6.45, 7) is -0.401. The highest BCUT2D eigenvalue weighted by Gasteiger charge is 2.21. The lowest BCUT2D eigenvalue weighted by Crippen LogP contribution is -2.30. The van der Waals surface area contributed by atoms with Gasteiger partial charge in [-0.3, -0.25) is 0 Å². The van der Waals surface area contributed by atoms with E-state index < -0.39 is 28.5 Å². The standard InChI is InChI=1S/C14H13BrFNO3S/c15-12-7-6-11(8-13(12)16)21(19,20)17-14(9-18)10-4-2-1-3-5-10/h1-8,14,17-18H,9H2/t14-/m0/s1. The maximum atomic E-state index is 13.5. The molecule has 4 nitrogen and oxygen atoms in total. The first-order valence-electron chi connectivity index (χ1n) is 6.07. The van der Waals surface area contributed by atoms with Gasteiger partial charge in [0, 0.05) is 0 Å². The van der Waals surface area contributed by atoms with Crippen molar-refractivity contribution in [3.63, 3.8) is 0 Å². The highest BCUT2D eigenvalue weighted by molar-refractivity contribution is 9.10. The summed E-state index contributed by atoms with van der Waals surface area (Å²) in [6, 6.07) is 11.4. The summed E-state index contributed by atoms with van der Waals surface area (Å²) in [5, 5.41) is 9.38. The normalized spacial score (nSPS) is 13.1. The van der Waals surface area contributed by atoms with Crippen molar-refractivity contribution in [3.8, 4) is 0 Å². The highest BCUT2D eigenvalue weighted by Crippen LogP contribution is 2.21. The van der Waals surface area contributed by atoms with E-state index in [1.54, 1.807) is 30.3 Å². The number of rotatable bonds is 5. The van der Waals surface area contributed by atoms with Gasteiger partial charge in [-0.2, -0.15) is 0 Å². The van der Waals surface area contributed by atoms with Crippen molar-refractivity contribution in [1.82, 2.24) is 4.72 Å². The van der Waals surface area contributed by atoms with Gasteiger partial charge in [0.2, 0.25) is 10.0 Å². The van der Waals surface area contributed by atoms with Gasteiger partial charge in [0.05, 0.1) is 22.0 Å². The summed E-state index contributed by atoms with van der Waals surface area (Å²) in [6.07, 6.45) is 0. The fourth-order valence-corrected chi connectivity index (χ4v) is 3.27. The molecule has 0 aromatic heterocycles. The van der Waals surface area contributed by atoms with E-state index in [2.05, 4.69) is 20.7 Å². The summed E-state index contributed by atoms with van der Waals surface area (Å²) in [5.41, 5.74) is 0.626. The average Bonchev–Trinajstić information content (AvgIpc) is 2.48. The number of aliphatic hydroxyl groups excluding tert-OH is 1. The Balaban J connectivity index is 2.29. The molecule has 0 saturated heterocycles. The zero-order valence-corrected chi connectivity index (χ0v) is 13.2. The van der Waals surface area contributed by atoms with Crippen LogP contribution in [0.3, 0.4) is 0 Å². The Bertz CT molecular complexity index is 722. The minimum absolute atomic E-state index is 0.184. The number of halogens is 2. The van der Waals surface area contributed by atoms with Crippen molar-refractivity contribution >= 4 is 26.0 Å². The molecule has 0 fully saturated rings. The van der Waals surface area contributed by atoms with E-state index >= 15 is 0 Å². The maximum Gasteiger partial charge on any atom is 0.241 e. The first kappa shape index (κ1) is 16.1. The van der Waals surface area contributed by atoms with Crippen LogP contribution in [0, 0.1) is 5.82 Å². The average molecular weight is 374 g/mol. The van der Waals surface area contributed by atoms with Crippen molar-refractivity contribution in [3.05, 3.63) is 64.4 Å². The lowest BCUT2D eigenvalue weighted by molar-refractivity contribution is 0.259. The molecule has 0 unspecified atom stereocenters. The fourth-order valence-electron chi connectivity index (χ4n) is 1.80. The first-order chi connectivity index (χ1) is 9.94. The third kappa shape index (κ3) is 3.88. The van der Waals surface area contributed by atoms with Crippen LogP contribution >= 0.6 is 15.9 Å². The lowest BCUT2D eigenvalue weighted by atomic mass is 10.1. The van der Waals surface area contributed by atoms with Gasteiger partial charge in [0.1, 0.15) is 5.82 Å². The molecule has 0 aliphatic carbocycles. The zero-order valence-electron chi connectivity index (χ0n) is 10.8. The number of benzene rings is 2. The van der Waals surface area contributed by atoms with Gasteiger partial charge in [-0.15, -0.1) is 0 Å². The molecular weight excluding hydrogens is 361 g/mol. The minimum atomic E-state index is -3.93. The summed E-state index contributed by atoms with van der Waals surface area (Å²) in [7, 11) is -3.93. The van der Waals surface area contributed by atoms with Crippen LogP contribution < -0.4 is 4.72 Å². The Morgan fingerprint density at radius 3 is 2.43 bits per heavy atom. The van der Waals surface area contributed by atoms with E-state index in [-0.39, 0.29) is 9.37 Å². The van der Waals surface area contributed by atoms with Gasteiger partial charge >= 0.3 is 0 Å². The third-order valence-electron chi connectivity index (χ3n) is 2.88. The van der Waals surface area contributed by atoms with Crippen LogP contribution in [0.4, 0.5) is 4.39 Å². The fraction of sp³-hybridized carbons (Fsp3) is 0.143. The van der Waals surface area contributed by atoms with Crippen LogP contribution in [0.15, 0.2) is 57.9 Å². The predicted octanol–water partition coefficient (Wildman–Crippen LogP) is 2.60. The van der Waals surface area contributed by atoms with Crippen molar-refractivity contribution < 1.29 is 17.9 Å². The van der Waals surface area contributed by atoms with Gasteiger partial charge in [-0.05, 0) is 39.7 Å². The maximum absolute atomic E-state index is 13.5. The van der Waals surface area contributed by atoms with Crippen molar-refractivity contribution in [2.75, 3.05) is 6.61 Å². The predicted molar refractivity (Wildman–Crippen MR) is 80.7 cm³/mol.